The van der Waals surface area contributed by atoms with Gasteiger partial charge in [-0.2, -0.15) is 5.26 Å². The lowest BCUT2D eigenvalue weighted by Crippen LogP contribution is -2.57. The number of β-amino-alcohol motifs (C(OH)–C–C–N with tert-alkyl or cyclic N) is 1. The molecule has 3 unspecified atom stereocenters. The van der Waals surface area contributed by atoms with Gasteiger partial charge in [0.1, 0.15) is 23.9 Å². The molecule has 2 saturated heterocycles. The number of carbonyl (C=O) groups excluding carboxylic acids is 4. The van der Waals surface area contributed by atoms with Gasteiger partial charge in [-0.15, -0.1) is 11.3 Å². The van der Waals surface area contributed by atoms with Crippen LogP contribution in [0.3, 0.4) is 0 Å². The van der Waals surface area contributed by atoms with Crippen LogP contribution in [-0.2, 0) is 25.7 Å². The number of halogens is 2. The normalized spacial score (nSPS) is 16.5. The number of pyridine rings is 1. The lowest BCUT2D eigenvalue weighted by Gasteiger charge is -2.35. The molecule has 0 aliphatic carbocycles. The van der Waals surface area contributed by atoms with Gasteiger partial charge in [0.05, 0.1) is 75.5 Å². The van der Waals surface area contributed by atoms with Gasteiger partial charge in [-0.25, -0.2) is 4.98 Å². The number of likely N-dealkylation sites (tertiary alicyclic amines) is 1. The number of piperazine rings is 1. The molecule has 2 aliphatic heterocycles. The Balaban J connectivity index is 0.838. The van der Waals surface area contributed by atoms with Crippen molar-refractivity contribution in [3.63, 3.8) is 0 Å². The number of aliphatic hydroxyl groups excluding tert-OH is 1. The van der Waals surface area contributed by atoms with Gasteiger partial charge >= 0.3 is 0 Å². The van der Waals surface area contributed by atoms with E-state index in [0.29, 0.717) is 101 Å². The molecule has 2 aliphatic rings. The van der Waals surface area contributed by atoms with Gasteiger partial charge in [0.15, 0.2) is 11.5 Å². The van der Waals surface area contributed by atoms with E-state index in [2.05, 4.69) is 36.9 Å². The number of benzene rings is 3. The van der Waals surface area contributed by atoms with Crippen LogP contribution in [0.1, 0.15) is 69.7 Å². The van der Waals surface area contributed by atoms with Crippen LogP contribution >= 0.6 is 34.5 Å². The van der Waals surface area contributed by atoms with Gasteiger partial charge in [0, 0.05) is 88.8 Å². The summed E-state index contributed by atoms with van der Waals surface area (Å²) in [6.45, 7) is 11.3. The summed E-state index contributed by atoms with van der Waals surface area (Å²) in [5.74, 6) is 0.163. The van der Waals surface area contributed by atoms with Gasteiger partial charge in [-0.3, -0.25) is 29.1 Å². The van der Waals surface area contributed by atoms with Crippen molar-refractivity contribution in [2.24, 2.45) is 5.41 Å². The fourth-order valence-electron chi connectivity index (χ4n) is 8.87. The van der Waals surface area contributed by atoms with Gasteiger partial charge < -0.3 is 45.1 Å². The lowest BCUT2D eigenvalue weighted by atomic mass is 9.85. The van der Waals surface area contributed by atoms with Crippen LogP contribution in [0.2, 0.25) is 10.0 Å². The summed E-state index contributed by atoms with van der Waals surface area (Å²) < 4.78 is 17.2. The maximum absolute atomic E-state index is 14.1. The summed E-state index contributed by atoms with van der Waals surface area (Å²) in [5.41, 5.74) is 5.83. The number of nitrogens with zero attached hydrogens (tertiary/aromatic N) is 6. The minimum Gasteiger partial charge on any atom is -0.495 e. The first-order valence-corrected chi connectivity index (χ1v) is 25.5. The van der Waals surface area contributed by atoms with Crippen molar-refractivity contribution in [3.05, 3.63) is 87.1 Å². The van der Waals surface area contributed by atoms with Crippen LogP contribution in [0.5, 0.6) is 17.2 Å². The Morgan fingerprint density at radius 3 is 2.35 bits per heavy atom. The largest absolute Gasteiger partial charge is 0.495 e. The molecule has 2 fully saturated rings. The SMILES string of the molecule is COc1cc(Nc2c(C#N)cnc3cc(OCCCN4CCN(C(=O)CCCC(=O)NC(C(=O)N5CC(O)CC5C(=O)NCc5ccc(-c6scnc6C)cc5)C(C)(C)C)CC4)c(OC)cc23)c(Cl)cc1Cl. The van der Waals surface area contributed by atoms with E-state index in [9.17, 15) is 29.5 Å². The molecule has 0 saturated carbocycles. The number of fused-ring (bicyclic) bond motifs is 1. The van der Waals surface area contributed by atoms with Gasteiger partial charge in [0.25, 0.3) is 0 Å². The van der Waals surface area contributed by atoms with Crippen LogP contribution < -0.4 is 30.2 Å². The molecule has 7 rings (SSSR count). The van der Waals surface area contributed by atoms with Crippen molar-refractivity contribution in [1.29, 1.82) is 5.26 Å². The number of carbonyl (C=O) groups is 4. The molecule has 0 spiro atoms. The summed E-state index contributed by atoms with van der Waals surface area (Å²) in [6, 6.07) is 14.9. The van der Waals surface area contributed by atoms with Crippen LogP contribution in [0.25, 0.3) is 21.3 Å². The topological polar surface area (TPSA) is 212 Å². The number of aryl methyl sites for hydroxylation is 1. The number of hydrogen-bond acceptors (Lipinski definition) is 14. The van der Waals surface area contributed by atoms with Crippen molar-refractivity contribution in [2.75, 3.05) is 65.4 Å². The molecular formula is C52H61Cl2N9O8S. The summed E-state index contributed by atoms with van der Waals surface area (Å²) in [4.78, 5) is 69.6. The molecule has 382 valence electrons. The first kappa shape index (κ1) is 53.6. The molecule has 20 heteroatoms. The number of methoxy groups -OCH3 is 2. The highest BCUT2D eigenvalue weighted by Crippen LogP contribution is 2.41. The number of nitrogens with one attached hydrogen (secondary N) is 3. The minimum atomic E-state index is -0.962. The molecule has 0 bridgehead atoms. The van der Waals surface area contributed by atoms with Crippen LogP contribution in [0.4, 0.5) is 11.4 Å². The van der Waals surface area contributed by atoms with Crippen LogP contribution in [-0.4, -0.2) is 132 Å². The third kappa shape index (κ3) is 13.0. The Morgan fingerprint density at radius 2 is 1.68 bits per heavy atom. The second kappa shape index (κ2) is 24.0. The molecule has 72 heavy (non-hydrogen) atoms. The molecule has 4 heterocycles. The summed E-state index contributed by atoms with van der Waals surface area (Å²) in [5, 5.41) is 30.9. The summed E-state index contributed by atoms with van der Waals surface area (Å²) >= 11 is 14.3. The van der Waals surface area contributed by atoms with Crippen molar-refractivity contribution >= 4 is 80.4 Å². The third-order valence-corrected chi connectivity index (χ3v) is 14.5. The van der Waals surface area contributed by atoms with Crippen molar-refractivity contribution in [2.45, 2.75) is 84.5 Å². The zero-order valence-corrected chi connectivity index (χ0v) is 43.7. The number of rotatable bonds is 19. The van der Waals surface area contributed by atoms with E-state index in [0.717, 1.165) is 28.2 Å². The molecule has 2 aromatic heterocycles. The lowest BCUT2D eigenvalue weighted by molar-refractivity contribution is -0.144. The van der Waals surface area contributed by atoms with E-state index in [1.807, 2.05) is 62.4 Å². The number of anilines is 2. The smallest absolute Gasteiger partial charge is 0.246 e. The van der Waals surface area contributed by atoms with Gasteiger partial charge in [0.2, 0.25) is 23.6 Å². The Bertz CT molecular complexity index is 2810. The predicted octanol–water partition coefficient (Wildman–Crippen LogP) is 7.50. The van der Waals surface area contributed by atoms with Gasteiger partial charge in [-0.05, 0) is 48.4 Å². The van der Waals surface area contributed by atoms with Gasteiger partial charge in [-0.1, -0.05) is 68.2 Å². The Hall–Kier alpha value is -6.23. The molecule has 5 aromatic rings. The number of aromatic nitrogens is 2. The predicted molar refractivity (Wildman–Crippen MR) is 278 cm³/mol. The van der Waals surface area contributed by atoms with E-state index >= 15 is 0 Å². The second-order valence-electron chi connectivity index (χ2n) is 19.0. The number of amides is 4. The van der Waals surface area contributed by atoms with Crippen LogP contribution in [0.15, 0.2) is 60.2 Å². The van der Waals surface area contributed by atoms with E-state index in [1.54, 1.807) is 42.7 Å². The molecule has 3 aromatic carbocycles. The van der Waals surface area contributed by atoms with Crippen molar-refractivity contribution < 1.29 is 38.5 Å². The molecule has 17 nitrogen and oxygen atoms in total. The maximum atomic E-state index is 14.1. The number of nitriles is 1. The quantitative estimate of drug-likeness (QED) is 0.0591. The average molecular weight is 1040 g/mol. The zero-order valence-electron chi connectivity index (χ0n) is 41.4. The van der Waals surface area contributed by atoms with E-state index < -0.39 is 29.5 Å². The Labute approximate surface area is 433 Å². The molecule has 4 N–H and O–H groups in total. The minimum absolute atomic E-state index is 0.0247. The number of aliphatic hydroxyl groups is 1. The molecule has 3 atom stereocenters. The molecular weight excluding hydrogens is 982 g/mol. The summed E-state index contributed by atoms with van der Waals surface area (Å²) in [7, 11) is 3.04. The number of thiazole rings is 1. The molecule has 4 amide bonds. The zero-order chi connectivity index (χ0) is 51.7. The summed E-state index contributed by atoms with van der Waals surface area (Å²) in [6.07, 6.45) is 1.93. The second-order valence-corrected chi connectivity index (χ2v) is 20.7. The van der Waals surface area contributed by atoms with E-state index in [-0.39, 0.29) is 50.1 Å². The van der Waals surface area contributed by atoms with Crippen LogP contribution in [0, 0.1) is 23.7 Å². The Kier molecular flexibility index (Phi) is 17.9. The fraction of sp³-hybridized carbons (Fsp3) is 0.442. The monoisotopic (exact) mass is 1040 g/mol. The fourth-order valence-corrected chi connectivity index (χ4v) is 10.2. The van der Waals surface area contributed by atoms with Crippen molar-refractivity contribution in [3.8, 4) is 33.8 Å². The standard InChI is InChI=1S/C52H61Cl2N9O8S/c1-31-48(72-30-58-31)33-13-11-32(12-14-33)27-57-50(67)41-21-35(64)29-63(41)51(68)49(52(2,3)4)60-45(65)9-7-10-46(66)62-18-16-61(17-19-62)15-8-20-71-44-24-39-36(22-43(44)70-6)47(34(26-55)28-56-39)59-40-25-42(69-5)38(54)23-37(40)53/h11-14,22-25,28,30,35,41,49,64H,7-10,15-21,27,29H2,1-6H3,(H,56,59)(H,57,67)(H,60,65). The highest BCUT2D eigenvalue weighted by atomic mass is 35.5. The highest BCUT2D eigenvalue weighted by molar-refractivity contribution is 7.13. The first-order chi connectivity index (χ1) is 34.5. The average Bonchev–Trinajstić information content (AvgIpc) is 3.99. The number of hydrogen-bond donors (Lipinski definition) is 4. The maximum Gasteiger partial charge on any atom is 0.246 e. The number of ether oxygens (including phenoxy) is 3. The van der Waals surface area contributed by atoms with Crippen molar-refractivity contribution in [1.82, 2.24) is 35.3 Å². The van der Waals surface area contributed by atoms with E-state index in [1.165, 1.54) is 18.2 Å². The highest BCUT2D eigenvalue weighted by Gasteiger charge is 2.44. The molecule has 0 radical (unpaired) electrons. The first-order valence-electron chi connectivity index (χ1n) is 23.9. The Morgan fingerprint density at radius 1 is 0.944 bits per heavy atom. The third-order valence-electron chi connectivity index (χ3n) is 12.9. The van der Waals surface area contributed by atoms with E-state index in [4.69, 9.17) is 37.4 Å².